The zero-order chi connectivity index (χ0) is 14.8. The Labute approximate surface area is 121 Å². The fourth-order valence-electron chi connectivity index (χ4n) is 3.36. The SMILES string of the molecule is O=C(c1c[nH]c(=O)[nH]c1=O)N1CCC(C2CCCN2)CC1. The number of nitrogens with zero attached hydrogens (tertiary/aromatic N) is 1. The molecule has 0 radical (unpaired) electrons. The van der Waals surface area contributed by atoms with Crippen molar-refractivity contribution in [3.8, 4) is 0 Å². The van der Waals surface area contributed by atoms with Gasteiger partial charge in [0.1, 0.15) is 5.56 Å². The molecule has 2 aliphatic heterocycles. The smallest absolute Gasteiger partial charge is 0.325 e. The summed E-state index contributed by atoms with van der Waals surface area (Å²) in [6.45, 7) is 2.43. The van der Waals surface area contributed by atoms with Crippen molar-refractivity contribution in [3.63, 3.8) is 0 Å². The monoisotopic (exact) mass is 292 g/mol. The number of aromatic nitrogens is 2. The minimum atomic E-state index is -0.622. The molecule has 1 unspecified atom stereocenters. The van der Waals surface area contributed by atoms with Crippen LogP contribution in [0, 0.1) is 5.92 Å². The quantitative estimate of drug-likeness (QED) is 0.695. The van der Waals surface area contributed by atoms with Crippen LogP contribution in [-0.4, -0.2) is 46.5 Å². The van der Waals surface area contributed by atoms with E-state index in [-0.39, 0.29) is 11.5 Å². The fraction of sp³-hybridized carbons (Fsp3) is 0.643. The number of amides is 1. The highest BCUT2D eigenvalue weighted by molar-refractivity contribution is 5.93. The van der Waals surface area contributed by atoms with E-state index < -0.39 is 11.2 Å². The Balaban J connectivity index is 1.64. The molecule has 0 bridgehead atoms. The summed E-state index contributed by atoms with van der Waals surface area (Å²) in [5.74, 6) is 0.316. The summed E-state index contributed by atoms with van der Waals surface area (Å²) in [6, 6.07) is 0.582. The van der Waals surface area contributed by atoms with Crippen LogP contribution in [0.15, 0.2) is 15.8 Å². The van der Waals surface area contributed by atoms with Gasteiger partial charge >= 0.3 is 5.69 Å². The van der Waals surface area contributed by atoms with Gasteiger partial charge < -0.3 is 15.2 Å². The summed E-state index contributed by atoms with van der Waals surface area (Å²) in [5.41, 5.74) is -1.21. The zero-order valence-electron chi connectivity index (χ0n) is 11.9. The normalized spacial score (nSPS) is 23.4. The second kappa shape index (κ2) is 5.85. The predicted octanol–water partition coefficient (Wildman–Crippen LogP) is -0.333. The van der Waals surface area contributed by atoms with Crippen LogP contribution in [0.5, 0.6) is 0 Å². The molecule has 2 fully saturated rings. The van der Waals surface area contributed by atoms with Gasteiger partial charge in [-0.25, -0.2) is 4.79 Å². The second-order valence-corrected chi connectivity index (χ2v) is 5.82. The Hall–Kier alpha value is -1.89. The third-order valence-electron chi connectivity index (χ3n) is 4.54. The van der Waals surface area contributed by atoms with Gasteiger partial charge in [-0.3, -0.25) is 14.6 Å². The first-order valence-corrected chi connectivity index (χ1v) is 7.50. The Bertz CT molecular complexity index is 622. The summed E-state index contributed by atoms with van der Waals surface area (Å²) < 4.78 is 0. The summed E-state index contributed by atoms with van der Waals surface area (Å²) in [6.07, 6.45) is 5.58. The van der Waals surface area contributed by atoms with E-state index in [1.54, 1.807) is 4.90 Å². The lowest BCUT2D eigenvalue weighted by atomic mass is 9.88. The molecule has 0 aromatic carbocycles. The molecule has 3 N–H and O–H groups in total. The van der Waals surface area contributed by atoms with Crippen LogP contribution in [0.2, 0.25) is 0 Å². The number of likely N-dealkylation sites (tertiary alicyclic amines) is 1. The van der Waals surface area contributed by atoms with Gasteiger partial charge in [-0.1, -0.05) is 0 Å². The Morgan fingerprint density at radius 1 is 1.19 bits per heavy atom. The number of nitrogens with one attached hydrogen (secondary N) is 3. The maximum Gasteiger partial charge on any atom is 0.325 e. The Kier molecular flexibility index (Phi) is 3.92. The molecule has 0 saturated carbocycles. The first-order valence-electron chi connectivity index (χ1n) is 7.50. The molecule has 1 amide bonds. The number of rotatable bonds is 2. The molecule has 0 spiro atoms. The summed E-state index contributed by atoms with van der Waals surface area (Å²) >= 11 is 0. The first-order chi connectivity index (χ1) is 10.1. The molecule has 7 nitrogen and oxygen atoms in total. The van der Waals surface area contributed by atoms with Gasteiger partial charge in [0.25, 0.3) is 11.5 Å². The van der Waals surface area contributed by atoms with Crippen molar-refractivity contribution in [1.29, 1.82) is 0 Å². The van der Waals surface area contributed by atoms with Crippen LogP contribution in [0.4, 0.5) is 0 Å². The largest absolute Gasteiger partial charge is 0.338 e. The molecule has 1 aromatic heterocycles. The van der Waals surface area contributed by atoms with Crippen LogP contribution >= 0.6 is 0 Å². The Morgan fingerprint density at radius 2 is 1.95 bits per heavy atom. The van der Waals surface area contributed by atoms with Crippen molar-refractivity contribution < 1.29 is 4.79 Å². The fourth-order valence-corrected chi connectivity index (χ4v) is 3.36. The minimum absolute atomic E-state index is 0.00652. The molecule has 3 rings (SSSR count). The van der Waals surface area contributed by atoms with Crippen LogP contribution in [0.25, 0.3) is 0 Å². The van der Waals surface area contributed by atoms with E-state index in [0.29, 0.717) is 25.0 Å². The van der Waals surface area contributed by atoms with E-state index in [1.807, 2.05) is 0 Å². The molecule has 21 heavy (non-hydrogen) atoms. The minimum Gasteiger partial charge on any atom is -0.338 e. The van der Waals surface area contributed by atoms with Crippen LogP contribution in [0.1, 0.15) is 36.0 Å². The third kappa shape index (κ3) is 2.92. The number of H-pyrrole nitrogens is 2. The van der Waals surface area contributed by atoms with Crippen LogP contribution in [0.3, 0.4) is 0 Å². The third-order valence-corrected chi connectivity index (χ3v) is 4.54. The number of carbonyl (C=O) groups is 1. The van der Waals surface area contributed by atoms with Gasteiger partial charge in [-0.05, 0) is 38.1 Å². The molecule has 3 heterocycles. The molecule has 2 saturated heterocycles. The van der Waals surface area contributed by atoms with Gasteiger partial charge in [0.2, 0.25) is 0 Å². The van der Waals surface area contributed by atoms with Crippen molar-refractivity contribution in [2.45, 2.75) is 31.7 Å². The number of hydrogen-bond acceptors (Lipinski definition) is 4. The lowest BCUT2D eigenvalue weighted by Crippen LogP contribution is -2.45. The highest BCUT2D eigenvalue weighted by atomic mass is 16.2. The van der Waals surface area contributed by atoms with E-state index in [4.69, 9.17) is 0 Å². The highest BCUT2D eigenvalue weighted by Crippen LogP contribution is 2.25. The van der Waals surface area contributed by atoms with E-state index in [0.717, 1.165) is 19.4 Å². The van der Waals surface area contributed by atoms with Crippen molar-refractivity contribution in [1.82, 2.24) is 20.2 Å². The lowest BCUT2D eigenvalue weighted by molar-refractivity contribution is 0.0672. The summed E-state index contributed by atoms with van der Waals surface area (Å²) in [7, 11) is 0. The topological polar surface area (TPSA) is 98.1 Å². The van der Waals surface area contributed by atoms with Gasteiger partial charge in [-0.15, -0.1) is 0 Å². The summed E-state index contributed by atoms with van der Waals surface area (Å²) in [4.78, 5) is 41.1. The van der Waals surface area contributed by atoms with Gasteiger partial charge in [0, 0.05) is 25.3 Å². The summed E-state index contributed by atoms with van der Waals surface area (Å²) in [5, 5.41) is 3.52. The van der Waals surface area contributed by atoms with Gasteiger partial charge in [0.05, 0.1) is 0 Å². The van der Waals surface area contributed by atoms with Crippen LogP contribution in [-0.2, 0) is 0 Å². The average Bonchev–Trinajstić information content (AvgIpc) is 3.01. The van der Waals surface area contributed by atoms with Crippen molar-refractivity contribution >= 4 is 5.91 Å². The number of aromatic amines is 2. The maximum absolute atomic E-state index is 12.3. The predicted molar refractivity (Wildman–Crippen MR) is 77.3 cm³/mol. The van der Waals surface area contributed by atoms with E-state index in [1.165, 1.54) is 19.0 Å². The molecule has 2 aliphatic rings. The second-order valence-electron chi connectivity index (χ2n) is 5.82. The van der Waals surface area contributed by atoms with Crippen molar-refractivity contribution in [2.24, 2.45) is 5.92 Å². The number of hydrogen-bond donors (Lipinski definition) is 3. The van der Waals surface area contributed by atoms with Gasteiger partial charge in [0.15, 0.2) is 0 Å². The molecule has 1 aromatic rings. The molecule has 7 heteroatoms. The zero-order valence-corrected chi connectivity index (χ0v) is 11.9. The van der Waals surface area contributed by atoms with E-state index in [9.17, 15) is 14.4 Å². The van der Waals surface area contributed by atoms with Crippen molar-refractivity contribution in [3.05, 3.63) is 32.6 Å². The average molecular weight is 292 g/mol. The molecule has 0 aliphatic carbocycles. The highest BCUT2D eigenvalue weighted by Gasteiger charge is 2.30. The van der Waals surface area contributed by atoms with E-state index >= 15 is 0 Å². The molecular weight excluding hydrogens is 272 g/mol. The molecule has 114 valence electrons. The van der Waals surface area contributed by atoms with Crippen molar-refractivity contribution in [2.75, 3.05) is 19.6 Å². The lowest BCUT2D eigenvalue weighted by Gasteiger charge is -2.34. The van der Waals surface area contributed by atoms with E-state index in [2.05, 4.69) is 15.3 Å². The van der Waals surface area contributed by atoms with Crippen LogP contribution < -0.4 is 16.6 Å². The first kappa shape index (κ1) is 14.1. The molecular formula is C14H20N4O3. The van der Waals surface area contributed by atoms with Gasteiger partial charge in [-0.2, -0.15) is 0 Å². The number of piperidine rings is 1. The number of carbonyl (C=O) groups excluding carboxylic acids is 1. The molecule has 1 atom stereocenters. The maximum atomic E-state index is 12.3. The standard InChI is InChI=1S/C14H20N4O3/c19-12-10(8-16-14(21)17-12)13(20)18-6-3-9(4-7-18)11-2-1-5-15-11/h8-9,11,15H,1-7H2,(H2,16,17,19,21). The Morgan fingerprint density at radius 3 is 2.57 bits per heavy atom.